The largest absolute Gasteiger partial charge is 0.396 e. The van der Waals surface area contributed by atoms with E-state index in [9.17, 15) is 5.11 Å². The van der Waals surface area contributed by atoms with Crippen LogP contribution >= 0.6 is 0 Å². The van der Waals surface area contributed by atoms with Crippen LogP contribution in [-0.4, -0.2) is 42.5 Å². The second-order valence-electron chi connectivity index (χ2n) is 7.38. The molecule has 3 nitrogen and oxygen atoms in total. The van der Waals surface area contributed by atoms with E-state index in [1.807, 2.05) is 0 Å². The van der Waals surface area contributed by atoms with Crippen molar-refractivity contribution < 1.29 is 9.84 Å². The SMILES string of the molecule is OC[C@H]1C[C@H]2COCN3CCC[C@@]4(CCCC[C@H]14)[C@H]23. The van der Waals surface area contributed by atoms with Crippen LogP contribution in [0.5, 0.6) is 0 Å². The van der Waals surface area contributed by atoms with E-state index in [1.54, 1.807) is 0 Å². The lowest BCUT2D eigenvalue weighted by Crippen LogP contribution is -2.66. The summed E-state index contributed by atoms with van der Waals surface area (Å²) in [5, 5.41) is 9.86. The average molecular weight is 265 g/mol. The number of aliphatic hydroxyl groups is 1. The summed E-state index contributed by atoms with van der Waals surface area (Å²) in [6.07, 6.45) is 9.51. The molecule has 1 N–H and O–H groups in total. The minimum atomic E-state index is 0.398. The highest BCUT2D eigenvalue weighted by molar-refractivity contribution is 5.09. The molecule has 3 heteroatoms. The van der Waals surface area contributed by atoms with Crippen molar-refractivity contribution in [3.8, 4) is 0 Å². The molecule has 1 spiro atoms. The van der Waals surface area contributed by atoms with E-state index in [-0.39, 0.29) is 0 Å². The smallest absolute Gasteiger partial charge is 0.0993 e. The molecule has 2 heterocycles. The first-order valence-electron chi connectivity index (χ1n) is 8.28. The van der Waals surface area contributed by atoms with Gasteiger partial charge in [0, 0.05) is 19.2 Å². The summed E-state index contributed by atoms with van der Waals surface area (Å²) in [6.45, 7) is 3.43. The maximum Gasteiger partial charge on any atom is 0.0993 e. The van der Waals surface area contributed by atoms with Crippen molar-refractivity contribution in [1.29, 1.82) is 0 Å². The maximum atomic E-state index is 9.86. The molecule has 0 aromatic carbocycles. The summed E-state index contributed by atoms with van der Waals surface area (Å²) >= 11 is 0. The summed E-state index contributed by atoms with van der Waals surface area (Å²) < 4.78 is 5.84. The Morgan fingerprint density at radius 2 is 2.11 bits per heavy atom. The number of hydrogen-bond donors (Lipinski definition) is 1. The minimum absolute atomic E-state index is 0.398. The molecule has 0 aromatic rings. The average Bonchev–Trinajstić information content (AvgIpc) is 2.46. The second-order valence-corrected chi connectivity index (χ2v) is 7.38. The van der Waals surface area contributed by atoms with E-state index in [1.165, 1.54) is 51.5 Å². The van der Waals surface area contributed by atoms with E-state index < -0.39 is 0 Å². The Labute approximate surface area is 116 Å². The van der Waals surface area contributed by atoms with Crippen LogP contribution in [0.4, 0.5) is 0 Å². The third-order valence-electron chi connectivity index (χ3n) is 6.66. The first kappa shape index (κ1) is 12.6. The van der Waals surface area contributed by atoms with Crippen LogP contribution in [-0.2, 0) is 4.74 Å². The Bertz CT molecular complexity index is 342. The van der Waals surface area contributed by atoms with Crippen molar-refractivity contribution in [3.05, 3.63) is 0 Å². The second kappa shape index (κ2) is 4.71. The molecule has 0 unspecified atom stereocenters. The van der Waals surface area contributed by atoms with Gasteiger partial charge in [0.15, 0.2) is 0 Å². The molecule has 2 aliphatic carbocycles. The lowest BCUT2D eigenvalue weighted by Gasteiger charge is -2.64. The highest BCUT2D eigenvalue weighted by Gasteiger charge is 2.59. The first-order valence-corrected chi connectivity index (χ1v) is 8.28. The minimum Gasteiger partial charge on any atom is -0.396 e. The van der Waals surface area contributed by atoms with Crippen LogP contribution in [0.1, 0.15) is 44.9 Å². The zero-order chi connectivity index (χ0) is 12.9. The quantitative estimate of drug-likeness (QED) is 0.789. The molecule has 2 saturated carbocycles. The molecule has 4 fully saturated rings. The van der Waals surface area contributed by atoms with Gasteiger partial charge in [-0.15, -0.1) is 0 Å². The first-order chi connectivity index (χ1) is 9.35. The van der Waals surface area contributed by atoms with Gasteiger partial charge in [-0.3, -0.25) is 4.90 Å². The van der Waals surface area contributed by atoms with Crippen molar-refractivity contribution >= 4 is 0 Å². The van der Waals surface area contributed by atoms with Crippen LogP contribution < -0.4 is 0 Å². The normalized spacial score (nSPS) is 50.4. The molecule has 4 aliphatic rings. The molecule has 0 bridgehead atoms. The summed E-state index contributed by atoms with van der Waals surface area (Å²) in [5.41, 5.74) is 0.524. The zero-order valence-electron chi connectivity index (χ0n) is 11.9. The Kier molecular flexibility index (Phi) is 3.13. The van der Waals surface area contributed by atoms with Crippen molar-refractivity contribution in [3.63, 3.8) is 0 Å². The predicted molar refractivity (Wildman–Crippen MR) is 73.6 cm³/mol. The van der Waals surface area contributed by atoms with Gasteiger partial charge in [0.25, 0.3) is 0 Å². The van der Waals surface area contributed by atoms with Gasteiger partial charge in [0.2, 0.25) is 0 Å². The Morgan fingerprint density at radius 1 is 1.21 bits per heavy atom. The fraction of sp³-hybridized carbons (Fsp3) is 1.00. The molecule has 0 amide bonds. The number of aliphatic hydroxyl groups excluding tert-OH is 1. The fourth-order valence-electron chi connectivity index (χ4n) is 6.21. The van der Waals surface area contributed by atoms with Gasteiger partial charge in [-0.1, -0.05) is 12.8 Å². The Morgan fingerprint density at radius 3 is 3.00 bits per heavy atom. The molecule has 0 radical (unpaired) electrons. The lowest BCUT2D eigenvalue weighted by atomic mass is 9.48. The molecule has 4 rings (SSSR count). The summed E-state index contributed by atoms with van der Waals surface area (Å²) in [4.78, 5) is 2.64. The fourth-order valence-corrected chi connectivity index (χ4v) is 6.21. The molecular formula is C16H27NO2. The van der Waals surface area contributed by atoms with Crippen LogP contribution in [0, 0.1) is 23.2 Å². The standard InChI is InChI=1S/C16H27NO2/c18-9-12-8-13-10-19-11-17-7-3-6-16(15(13)17)5-2-1-4-14(12)16/h12-15,18H,1-11H2/t12-,13+,14-,15+,16-/m1/s1. The Hall–Kier alpha value is -0.120. The molecule has 2 saturated heterocycles. The predicted octanol–water partition coefficient (Wildman–Crippen LogP) is 2.24. The van der Waals surface area contributed by atoms with E-state index in [4.69, 9.17) is 4.74 Å². The molecule has 5 atom stereocenters. The van der Waals surface area contributed by atoms with Crippen molar-refractivity contribution in [1.82, 2.24) is 4.90 Å². The van der Waals surface area contributed by atoms with E-state index in [0.29, 0.717) is 23.9 Å². The third-order valence-corrected chi connectivity index (χ3v) is 6.66. The highest BCUT2D eigenvalue weighted by Crippen LogP contribution is 2.60. The number of piperidine rings is 1. The van der Waals surface area contributed by atoms with E-state index >= 15 is 0 Å². The van der Waals surface area contributed by atoms with Gasteiger partial charge >= 0.3 is 0 Å². The van der Waals surface area contributed by atoms with Gasteiger partial charge in [-0.25, -0.2) is 0 Å². The van der Waals surface area contributed by atoms with Gasteiger partial charge in [0.05, 0.1) is 13.3 Å². The number of rotatable bonds is 1. The van der Waals surface area contributed by atoms with Gasteiger partial charge in [0.1, 0.15) is 0 Å². The number of nitrogens with zero attached hydrogens (tertiary/aromatic N) is 1. The molecule has 0 aromatic heterocycles. The third kappa shape index (κ3) is 1.74. The highest BCUT2D eigenvalue weighted by atomic mass is 16.5. The molecule has 19 heavy (non-hydrogen) atoms. The summed E-state index contributed by atoms with van der Waals surface area (Å²) in [6, 6.07) is 0.767. The monoisotopic (exact) mass is 265 g/mol. The van der Waals surface area contributed by atoms with Crippen molar-refractivity contribution in [2.24, 2.45) is 23.2 Å². The molecule has 2 aliphatic heterocycles. The molecular weight excluding hydrogens is 238 g/mol. The van der Waals surface area contributed by atoms with E-state index in [2.05, 4.69) is 4.90 Å². The topological polar surface area (TPSA) is 32.7 Å². The molecule has 108 valence electrons. The van der Waals surface area contributed by atoms with Crippen LogP contribution in [0.15, 0.2) is 0 Å². The van der Waals surface area contributed by atoms with Crippen LogP contribution in [0.25, 0.3) is 0 Å². The van der Waals surface area contributed by atoms with Gasteiger partial charge < -0.3 is 9.84 Å². The van der Waals surface area contributed by atoms with E-state index in [0.717, 1.165) is 25.3 Å². The zero-order valence-corrected chi connectivity index (χ0v) is 11.9. The van der Waals surface area contributed by atoms with Crippen molar-refractivity contribution in [2.45, 2.75) is 51.0 Å². The van der Waals surface area contributed by atoms with Crippen LogP contribution in [0.3, 0.4) is 0 Å². The summed E-state index contributed by atoms with van der Waals surface area (Å²) in [7, 11) is 0. The number of ether oxygens (including phenoxy) is 1. The lowest BCUT2D eigenvalue weighted by molar-refractivity contribution is -0.207. The van der Waals surface area contributed by atoms with Crippen LogP contribution in [0.2, 0.25) is 0 Å². The van der Waals surface area contributed by atoms with Crippen molar-refractivity contribution in [2.75, 3.05) is 26.5 Å². The number of hydrogen-bond acceptors (Lipinski definition) is 3. The van der Waals surface area contributed by atoms with Gasteiger partial charge in [-0.2, -0.15) is 0 Å². The maximum absolute atomic E-state index is 9.86. The Balaban J connectivity index is 1.73. The summed E-state index contributed by atoms with van der Waals surface area (Å²) in [5.74, 6) is 2.01. The van der Waals surface area contributed by atoms with Gasteiger partial charge in [-0.05, 0) is 55.3 Å².